The molecule has 0 amide bonds. The average Bonchev–Trinajstić information content (AvgIpc) is 2.85. The smallest absolute Gasteiger partial charge is 0.168 e. The molecule has 4 atom stereocenters. The van der Waals surface area contributed by atoms with Gasteiger partial charge in [0.2, 0.25) is 0 Å². The Morgan fingerprint density at radius 1 is 1.22 bits per heavy atom. The first-order chi connectivity index (χ1) is 8.48. The van der Waals surface area contributed by atoms with Crippen molar-refractivity contribution in [1.29, 1.82) is 0 Å². The minimum atomic E-state index is -0.249. The van der Waals surface area contributed by atoms with E-state index in [-0.39, 0.29) is 11.9 Å². The standard InChI is InChI=1S/C15H26O3/c1-14(2,3)9-12-11-5-7-15(6-4-8-17-15)18-13(11)10-16-12/h11-13H,4-10H2,1-3H3. The summed E-state index contributed by atoms with van der Waals surface area (Å²) in [7, 11) is 0. The van der Waals surface area contributed by atoms with Crippen LogP contribution in [0.25, 0.3) is 0 Å². The molecule has 0 radical (unpaired) electrons. The van der Waals surface area contributed by atoms with Crippen molar-refractivity contribution >= 4 is 0 Å². The Kier molecular flexibility index (Phi) is 3.20. The summed E-state index contributed by atoms with van der Waals surface area (Å²) in [6, 6.07) is 0. The summed E-state index contributed by atoms with van der Waals surface area (Å²) in [5, 5.41) is 0. The lowest BCUT2D eigenvalue weighted by molar-refractivity contribution is -0.264. The van der Waals surface area contributed by atoms with Crippen LogP contribution in [0, 0.1) is 11.3 Å². The van der Waals surface area contributed by atoms with E-state index >= 15 is 0 Å². The van der Waals surface area contributed by atoms with E-state index in [9.17, 15) is 0 Å². The predicted octanol–water partition coefficient (Wildman–Crippen LogP) is 3.12. The molecule has 3 fully saturated rings. The lowest BCUT2D eigenvalue weighted by Crippen LogP contribution is -2.45. The summed E-state index contributed by atoms with van der Waals surface area (Å²) in [5.41, 5.74) is 0.332. The maximum atomic E-state index is 6.26. The molecular weight excluding hydrogens is 228 g/mol. The summed E-state index contributed by atoms with van der Waals surface area (Å²) in [4.78, 5) is 0. The van der Waals surface area contributed by atoms with Crippen LogP contribution in [-0.4, -0.2) is 31.2 Å². The Morgan fingerprint density at radius 2 is 2.06 bits per heavy atom. The second-order valence-electron chi connectivity index (χ2n) is 7.36. The van der Waals surface area contributed by atoms with Gasteiger partial charge in [-0.15, -0.1) is 0 Å². The van der Waals surface area contributed by atoms with Crippen molar-refractivity contribution in [1.82, 2.24) is 0 Å². The van der Waals surface area contributed by atoms with E-state index in [1.54, 1.807) is 0 Å². The molecule has 1 spiro atoms. The zero-order valence-corrected chi connectivity index (χ0v) is 11.9. The van der Waals surface area contributed by atoms with Crippen LogP contribution in [-0.2, 0) is 14.2 Å². The lowest BCUT2D eigenvalue weighted by Gasteiger charge is -2.40. The van der Waals surface area contributed by atoms with Crippen molar-refractivity contribution in [3.05, 3.63) is 0 Å². The summed E-state index contributed by atoms with van der Waals surface area (Å²) in [6.07, 6.45) is 6.25. The second kappa shape index (κ2) is 4.46. The summed E-state index contributed by atoms with van der Waals surface area (Å²) in [6.45, 7) is 8.49. The molecule has 104 valence electrons. The predicted molar refractivity (Wildman–Crippen MR) is 69.3 cm³/mol. The van der Waals surface area contributed by atoms with Crippen molar-refractivity contribution in [3.8, 4) is 0 Å². The summed E-state index contributed by atoms with van der Waals surface area (Å²) in [5.74, 6) is 0.334. The summed E-state index contributed by atoms with van der Waals surface area (Å²) < 4.78 is 18.1. The Labute approximate surface area is 110 Å². The molecule has 3 nitrogen and oxygen atoms in total. The molecule has 3 saturated heterocycles. The van der Waals surface area contributed by atoms with Gasteiger partial charge in [0.1, 0.15) is 0 Å². The van der Waals surface area contributed by atoms with Gasteiger partial charge in [0.05, 0.1) is 25.4 Å². The topological polar surface area (TPSA) is 27.7 Å². The van der Waals surface area contributed by atoms with E-state index in [2.05, 4.69) is 20.8 Å². The Bertz CT molecular complexity index is 301. The van der Waals surface area contributed by atoms with E-state index in [1.165, 1.54) is 6.42 Å². The van der Waals surface area contributed by atoms with Crippen LogP contribution in [0.1, 0.15) is 52.9 Å². The van der Waals surface area contributed by atoms with Gasteiger partial charge in [0.15, 0.2) is 5.79 Å². The molecule has 0 aromatic heterocycles. The van der Waals surface area contributed by atoms with Gasteiger partial charge >= 0.3 is 0 Å². The van der Waals surface area contributed by atoms with Crippen molar-refractivity contribution in [2.45, 2.75) is 70.9 Å². The lowest BCUT2D eigenvalue weighted by atomic mass is 9.80. The highest BCUT2D eigenvalue weighted by Crippen LogP contribution is 2.45. The van der Waals surface area contributed by atoms with E-state index < -0.39 is 0 Å². The van der Waals surface area contributed by atoms with E-state index in [0.717, 1.165) is 38.9 Å². The van der Waals surface area contributed by atoms with Gasteiger partial charge in [-0.05, 0) is 24.7 Å². The number of hydrogen-bond acceptors (Lipinski definition) is 3. The normalized spacial score (nSPS) is 44.5. The van der Waals surface area contributed by atoms with Gasteiger partial charge in [0.25, 0.3) is 0 Å². The third kappa shape index (κ3) is 2.45. The van der Waals surface area contributed by atoms with Gasteiger partial charge in [0, 0.05) is 18.8 Å². The fourth-order valence-corrected chi connectivity index (χ4v) is 3.70. The first-order valence-corrected chi connectivity index (χ1v) is 7.41. The molecule has 18 heavy (non-hydrogen) atoms. The monoisotopic (exact) mass is 254 g/mol. The first-order valence-electron chi connectivity index (χ1n) is 7.41. The quantitative estimate of drug-likeness (QED) is 0.719. The second-order valence-corrected chi connectivity index (χ2v) is 7.36. The largest absolute Gasteiger partial charge is 0.375 e. The van der Waals surface area contributed by atoms with Crippen LogP contribution in [0.4, 0.5) is 0 Å². The number of ether oxygens (including phenoxy) is 3. The molecule has 0 aliphatic carbocycles. The van der Waals surface area contributed by atoms with Crippen molar-refractivity contribution in [3.63, 3.8) is 0 Å². The van der Waals surface area contributed by atoms with Gasteiger partial charge < -0.3 is 14.2 Å². The maximum Gasteiger partial charge on any atom is 0.168 e. The Balaban J connectivity index is 1.64. The highest BCUT2D eigenvalue weighted by Gasteiger charge is 2.50. The molecular formula is C15H26O3. The molecule has 3 heteroatoms. The maximum absolute atomic E-state index is 6.26. The third-order valence-corrected chi connectivity index (χ3v) is 4.54. The number of rotatable bonds is 1. The molecule has 3 heterocycles. The summed E-state index contributed by atoms with van der Waals surface area (Å²) >= 11 is 0. The molecule has 0 aromatic rings. The molecule has 4 unspecified atom stereocenters. The molecule has 0 N–H and O–H groups in total. The highest BCUT2D eigenvalue weighted by atomic mass is 16.7. The number of hydrogen-bond donors (Lipinski definition) is 0. The van der Waals surface area contributed by atoms with Gasteiger partial charge in [-0.3, -0.25) is 0 Å². The van der Waals surface area contributed by atoms with Gasteiger partial charge in [-0.25, -0.2) is 0 Å². The van der Waals surface area contributed by atoms with Crippen LogP contribution >= 0.6 is 0 Å². The molecule has 3 aliphatic rings. The minimum absolute atomic E-state index is 0.249. The molecule has 3 aliphatic heterocycles. The van der Waals surface area contributed by atoms with Crippen LogP contribution in [0.3, 0.4) is 0 Å². The zero-order valence-electron chi connectivity index (χ0n) is 11.9. The SMILES string of the molecule is CC(C)(C)CC1OCC2OC3(CCCO3)CCC12. The van der Waals surface area contributed by atoms with Crippen molar-refractivity contribution in [2.75, 3.05) is 13.2 Å². The van der Waals surface area contributed by atoms with Gasteiger partial charge in [-0.2, -0.15) is 0 Å². The zero-order chi connectivity index (χ0) is 12.8. The fraction of sp³-hybridized carbons (Fsp3) is 1.00. The molecule has 0 bridgehead atoms. The average molecular weight is 254 g/mol. The molecule has 3 rings (SSSR count). The third-order valence-electron chi connectivity index (χ3n) is 4.54. The van der Waals surface area contributed by atoms with E-state index in [0.29, 0.717) is 17.4 Å². The fourth-order valence-electron chi connectivity index (χ4n) is 3.70. The highest BCUT2D eigenvalue weighted by molar-refractivity contribution is 4.94. The molecule has 0 saturated carbocycles. The minimum Gasteiger partial charge on any atom is -0.375 e. The van der Waals surface area contributed by atoms with Crippen molar-refractivity contribution < 1.29 is 14.2 Å². The van der Waals surface area contributed by atoms with Crippen LogP contribution in [0.5, 0.6) is 0 Å². The first kappa shape index (κ1) is 12.9. The van der Waals surface area contributed by atoms with Crippen LogP contribution < -0.4 is 0 Å². The molecule has 0 aromatic carbocycles. The number of fused-ring (bicyclic) bond motifs is 1. The van der Waals surface area contributed by atoms with Gasteiger partial charge in [-0.1, -0.05) is 20.8 Å². The van der Waals surface area contributed by atoms with Crippen molar-refractivity contribution in [2.24, 2.45) is 11.3 Å². The van der Waals surface area contributed by atoms with Crippen LogP contribution in [0.15, 0.2) is 0 Å². The van der Waals surface area contributed by atoms with E-state index in [4.69, 9.17) is 14.2 Å². The van der Waals surface area contributed by atoms with E-state index in [1.807, 2.05) is 0 Å². The Morgan fingerprint density at radius 3 is 2.72 bits per heavy atom. The Hall–Kier alpha value is -0.120. The van der Waals surface area contributed by atoms with Crippen LogP contribution in [0.2, 0.25) is 0 Å².